The maximum absolute atomic E-state index is 6.87. The predicted molar refractivity (Wildman–Crippen MR) is 83.0 cm³/mol. The summed E-state index contributed by atoms with van der Waals surface area (Å²) in [6, 6.07) is 0. The highest BCUT2D eigenvalue weighted by molar-refractivity contribution is 6.69. The van der Waals surface area contributed by atoms with Gasteiger partial charge >= 0.3 is 0 Å². The Bertz CT molecular complexity index is 248. The summed E-state index contributed by atoms with van der Waals surface area (Å²) in [5.74, 6) is 3.70. The van der Waals surface area contributed by atoms with Crippen molar-refractivity contribution in [1.82, 2.24) is 0 Å². The summed E-state index contributed by atoms with van der Waals surface area (Å²) in [5, 5.41) is 0. The second kappa shape index (κ2) is 5.47. The first-order chi connectivity index (χ1) is 9.42. The lowest BCUT2D eigenvalue weighted by molar-refractivity contribution is 0.342. The maximum atomic E-state index is 6.87. The topological polar surface area (TPSA) is 9.23 Å². The van der Waals surface area contributed by atoms with Crippen molar-refractivity contribution in [3.8, 4) is 0 Å². The van der Waals surface area contributed by atoms with Crippen LogP contribution in [0.15, 0.2) is 0 Å². The lowest BCUT2D eigenvalue weighted by atomic mass is 9.32. The molecule has 4 aliphatic rings. The normalized spacial score (nSPS) is 42.3. The Kier molecular flexibility index (Phi) is 3.68. The van der Waals surface area contributed by atoms with Crippen LogP contribution in [0.1, 0.15) is 77.0 Å². The van der Waals surface area contributed by atoms with E-state index < -0.39 is 0 Å². The van der Waals surface area contributed by atoms with E-state index >= 15 is 0 Å². The molecule has 0 aromatic carbocycles. The molecule has 0 atom stereocenters. The van der Waals surface area contributed by atoms with Gasteiger partial charge in [0.25, 0.3) is 13.8 Å². The minimum Gasteiger partial charge on any atom is -0.498 e. The summed E-state index contributed by atoms with van der Waals surface area (Å²) in [4.78, 5) is 0. The molecule has 19 heavy (non-hydrogen) atoms. The Morgan fingerprint density at radius 1 is 0.474 bits per heavy atom. The highest BCUT2D eigenvalue weighted by atomic mass is 16.4. The number of hydrogen-bond acceptors (Lipinski definition) is 1. The van der Waals surface area contributed by atoms with E-state index in [-0.39, 0.29) is 0 Å². The Morgan fingerprint density at radius 2 is 0.737 bits per heavy atom. The highest BCUT2D eigenvalue weighted by Crippen LogP contribution is 2.51. The molecular formula is C16H28B2O. The van der Waals surface area contributed by atoms with Crippen LogP contribution < -0.4 is 0 Å². The molecule has 0 unspecified atom stereocenters. The van der Waals surface area contributed by atoms with Crippen molar-refractivity contribution >= 4 is 13.8 Å². The van der Waals surface area contributed by atoms with Crippen molar-refractivity contribution in [3.05, 3.63) is 0 Å². The largest absolute Gasteiger partial charge is 0.498 e. The van der Waals surface area contributed by atoms with Crippen LogP contribution in [0.4, 0.5) is 0 Å². The van der Waals surface area contributed by atoms with Gasteiger partial charge < -0.3 is 4.57 Å². The van der Waals surface area contributed by atoms with Crippen molar-refractivity contribution in [1.29, 1.82) is 0 Å². The third-order valence-corrected chi connectivity index (χ3v) is 6.77. The molecule has 0 saturated carbocycles. The average Bonchev–Trinajstić information content (AvgIpc) is 2.38. The van der Waals surface area contributed by atoms with Gasteiger partial charge in [0.2, 0.25) is 0 Å². The van der Waals surface area contributed by atoms with Gasteiger partial charge in [-0.15, -0.1) is 0 Å². The van der Waals surface area contributed by atoms with Crippen LogP contribution in [0.3, 0.4) is 0 Å². The summed E-state index contributed by atoms with van der Waals surface area (Å²) < 4.78 is 6.87. The molecule has 0 radical (unpaired) electrons. The van der Waals surface area contributed by atoms with E-state index in [1.165, 1.54) is 77.0 Å². The van der Waals surface area contributed by atoms with Crippen LogP contribution >= 0.6 is 0 Å². The van der Waals surface area contributed by atoms with Crippen LogP contribution in [0.2, 0.25) is 23.3 Å². The van der Waals surface area contributed by atoms with Gasteiger partial charge in [0.1, 0.15) is 0 Å². The molecule has 4 rings (SSSR count). The fourth-order valence-corrected chi connectivity index (χ4v) is 5.86. The number of fused-ring (bicyclic) bond motifs is 4. The Balaban J connectivity index is 1.47. The third-order valence-electron chi connectivity index (χ3n) is 6.77. The van der Waals surface area contributed by atoms with E-state index in [2.05, 4.69) is 0 Å². The predicted octanol–water partition coefficient (Wildman–Crippen LogP) is 5.20. The maximum Gasteiger partial charge on any atom is 0.282 e. The SMILES string of the molecule is C1CC2CCCC(C1)B2OB1C2CCCC1CCC2. The smallest absolute Gasteiger partial charge is 0.282 e. The zero-order valence-electron chi connectivity index (χ0n) is 12.4. The summed E-state index contributed by atoms with van der Waals surface area (Å²) in [7, 11) is 0. The van der Waals surface area contributed by atoms with Gasteiger partial charge in [-0.05, 0) is 23.3 Å². The molecule has 0 aromatic heterocycles. The first-order valence-corrected chi connectivity index (χ1v) is 9.07. The molecule has 4 heterocycles. The fourth-order valence-electron chi connectivity index (χ4n) is 5.86. The Morgan fingerprint density at radius 3 is 1.00 bits per heavy atom. The van der Waals surface area contributed by atoms with E-state index in [0.29, 0.717) is 13.8 Å². The standard InChI is InChI=1S/C16H28B2O/c1-5-13-7-2-8-14(6-1)17(13)19-18-15-9-3-10-16(18)12-4-11-15/h13-16H,1-12H2. The Hall–Kier alpha value is 0.0899. The van der Waals surface area contributed by atoms with Crippen LogP contribution in [-0.4, -0.2) is 13.8 Å². The molecule has 4 saturated heterocycles. The van der Waals surface area contributed by atoms with Crippen LogP contribution in [0.5, 0.6) is 0 Å². The average molecular weight is 258 g/mol. The van der Waals surface area contributed by atoms with Gasteiger partial charge in [-0.25, -0.2) is 0 Å². The molecule has 0 N–H and O–H groups in total. The fraction of sp³-hybridized carbons (Fsp3) is 1.00. The van der Waals surface area contributed by atoms with Crippen molar-refractivity contribution in [2.24, 2.45) is 0 Å². The minimum atomic E-state index is 0.661. The molecule has 0 aliphatic carbocycles. The van der Waals surface area contributed by atoms with Gasteiger partial charge in [0, 0.05) is 0 Å². The third kappa shape index (κ3) is 2.41. The molecule has 4 fully saturated rings. The van der Waals surface area contributed by atoms with Gasteiger partial charge in [-0.1, -0.05) is 77.0 Å². The summed E-state index contributed by atoms with van der Waals surface area (Å²) in [5.41, 5.74) is 0. The number of hydrogen-bond donors (Lipinski definition) is 0. The second-order valence-electron chi connectivity index (χ2n) is 7.83. The highest BCUT2D eigenvalue weighted by Gasteiger charge is 2.47. The van der Waals surface area contributed by atoms with Gasteiger partial charge in [0.05, 0.1) is 0 Å². The van der Waals surface area contributed by atoms with Crippen molar-refractivity contribution in [3.63, 3.8) is 0 Å². The van der Waals surface area contributed by atoms with Crippen molar-refractivity contribution in [2.45, 2.75) is 100 Å². The zero-order chi connectivity index (χ0) is 12.7. The lowest BCUT2D eigenvalue weighted by Gasteiger charge is -2.46. The van der Waals surface area contributed by atoms with E-state index in [9.17, 15) is 0 Å². The lowest BCUT2D eigenvalue weighted by Crippen LogP contribution is -2.47. The van der Waals surface area contributed by atoms with Crippen molar-refractivity contribution in [2.75, 3.05) is 0 Å². The molecule has 104 valence electrons. The van der Waals surface area contributed by atoms with Crippen LogP contribution in [0.25, 0.3) is 0 Å². The Labute approximate surface area is 119 Å². The molecule has 0 spiro atoms. The van der Waals surface area contributed by atoms with Crippen LogP contribution in [-0.2, 0) is 4.57 Å². The first kappa shape index (κ1) is 12.8. The summed E-state index contributed by atoms with van der Waals surface area (Å²) in [6.45, 7) is 1.32. The molecular weight excluding hydrogens is 230 g/mol. The monoisotopic (exact) mass is 258 g/mol. The molecule has 0 amide bonds. The van der Waals surface area contributed by atoms with E-state index in [0.717, 1.165) is 23.3 Å². The molecule has 4 aliphatic heterocycles. The van der Waals surface area contributed by atoms with E-state index in [4.69, 9.17) is 4.57 Å². The summed E-state index contributed by atoms with van der Waals surface area (Å²) in [6.07, 6.45) is 17.6. The molecule has 3 heteroatoms. The number of rotatable bonds is 2. The van der Waals surface area contributed by atoms with Gasteiger partial charge in [-0.3, -0.25) is 0 Å². The second-order valence-corrected chi connectivity index (χ2v) is 7.83. The zero-order valence-corrected chi connectivity index (χ0v) is 12.4. The molecule has 1 nitrogen and oxygen atoms in total. The molecule has 0 aromatic rings. The van der Waals surface area contributed by atoms with E-state index in [1.807, 2.05) is 0 Å². The van der Waals surface area contributed by atoms with Gasteiger partial charge in [-0.2, -0.15) is 0 Å². The quantitative estimate of drug-likeness (QED) is 0.618. The van der Waals surface area contributed by atoms with Crippen LogP contribution in [0, 0.1) is 0 Å². The van der Waals surface area contributed by atoms with Crippen molar-refractivity contribution < 1.29 is 4.57 Å². The molecule has 4 bridgehead atoms. The first-order valence-electron chi connectivity index (χ1n) is 9.07. The van der Waals surface area contributed by atoms with E-state index in [1.54, 1.807) is 0 Å². The summed E-state index contributed by atoms with van der Waals surface area (Å²) >= 11 is 0. The minimum absolute atomic E-state index is 0.661. The van der Waals surface area contributed by atoms with Gasteiger partial charge in [0.15, 0.2) is 0 Å².